The zero-order chi connectivity index (χ0) is 19.5. The number of non-ortho nitro benzene ring substituents is 1. The average molecular weight is 371 g/mol. The van der Waals surface area contributed by atoms with Crippen molar-refractivity contribution in [2.24, 2.45) is 0 Å². The van der Waals surface area contributed by atoms with Crippen molar-refractivity contribution in [3.63, 3.8) is 0 Å². The van der Waals surface area contributed by atoms with Crippen LogP contribution in [0.4, 0.5) is 17.1 Å². The first-order chi connectivity index (χ1) is 13.6. The van der Waals surface area contributed by atoms with E-state index in [0.717, 1.165) is 11.4 Å². The second-order valence-corrected chi connectivity index (χ2v) is 6.38. The molecule has 1 aliphatic rings. The van der Waals surface area contributed by atoms with Gasteiger partial charge in [0.05, 0.1) is 11.0 Å². The maximum absolute atomic E-state index is 13.2. The van der Waals surface area contributed by atoms with Gasteiger partial charge < -0.3 is 5.32 Å². The molecule has 0 aliphatic carbocycles. The molecule has 3 aromatic carbocycles. The number of benzene rings is 3. The lowest BCUT2D eigenvalue weighted by molar-refractivity contribution is -0.384. The lowest BCUT2D eigenvalue weighted by Crippen LogP contribution is -2.30. The molecule has 0 unspecified atom stereocenters. The van der Waals surface area contributed by atoms with Crippen LogP contribution in [-0.2, 0) is 4.79 Å². The van der Waals surface area contributed by atoms with Crippen molar-refractivity contribution in [3.05, 3.63) is 112 Å². The Morgan fingerprint density at radius 2 is 1.57 bits per heavy atom. The van der Waals surface area contributed by atoms with Crippen LogP contribution in [0.1, 0.15) is 11.6 Å². The number of amides is 1. The van der Waals surface area contributed by atoms with E-state index in [2.05, 4.69) is 5.32 Å². The van der Waals surface area contributed by atoms with Gasteiger partial charge in [0.15, 0.2) is 0 Å². The van der Waals surface area contributed by atoms with E-state index in [9.17, 15) is 14.9 Å². The average Bonchev–Trinajstić information content (AvgIpc) is 3.05. The zero-order valence-corrected chi connectivity index (χ0v) is 14.9. The summed E-state index contributed by atoms with van der Waals surface area (Å²) in [6.07, 6.45) is 1.81. The third kappa shape index (κ3) is 3.35. The standard InChI is InChI=1S/C22H17N3O3/c26-22-20(23-17-9-3-1-4-10-17)15-21(24(22)18-11-5-2-6-12-18)16-8-7-13-19(14-16)25(27)28/h1-15,21,23H/t21-/m0/s1. The van der Waals surface area contributed by atoms with E-state index >= 15 is 0 Å². The highest BCUT2D eigenvalue weighted by Gasteiger charge is 2.35. The number of carbonyl (C=O) groups is 1. The van der Waals surface area contributed by atoms with Gasteiger partial charge >= 0.3 is 0 Å². The summed E-state index contributed by atoms with van der Waals surface area (Å²) < 4.78 is 0. The van der Waals surface area contributed by atoms with Crippen LogP contribution in [0.5, 0.6) is 0 Å². The summed E-state index contributed by atoms with van der Waals surface area (Å²) >= 11 is 0. The van der Waals surface area contributed by atoms with Gasteiger partial charge in [0.25, 0.3) is 11.6 Å². The summed E-state index contributed by atoms with van der Waals surface area (Å²) in [4.78, 5) is 25.6. The van der Waals surface area contributed by atoms with Crippen LogP contribution in [0.25, 0.3) is 0 Å². The number of rotatable bonds is 5. The Kier molecular flexibility index (Phi) is 4.60. The molecular weight excluding hydrogens is 354 g/mol. The number of nitro benzene ring substituents is 1. The molecule has 0 saturated carbocycles. The zero-order valence-electron chi connectivity index (χ0n) is 14.9. The molecule has 1 atom stereocenters. The third-order valence-electron chi connectivity index (χ3n) is 4.56. The number of anilines is 2. The molecule has 6 heteroatoms. The Morgan fingerprint density at radius 1 is 0.893 bits per heavy atom. The predicted molar refractivity (Wildman–Crippen MR) is 108 cm³/mol. The van der Waals surface area contributed by atoms with Crippen LogP contribution in [-0.4, -0.2) is 10.8 Å². The first-order valence-corrected chi connectivity index (χ1v) is 8.80. The van der Waals surface area contributed by atoms with E-state index in [0.29, 0.717) is 11.3 Å². The Hall–Kier alpha value is -3.93. The summed E-state index contributed by atoms with van der Waals surface area (Å²) in [5.74, 6) is -0.188. The largest absolute Gasteiger partial charge is 0.351 e. The van der Waals surface area contributed by atoms with Crippen LogP contribution in [0.3, 0.4) is 0 Å². The highest BCUT2D eigenvalue weighted by atomic mass is 16.6. The summed E-state index contributed by atoms with van der Waals surface area (Å²) in [5.41, 5.74) is 2.64. The number of hydrogen-bond donors (Lipinski definition) is 1. The molecule has 0 fully saturated rings. The second-order valence-electron chi connectivity index (χ2n) is 6.38. The minimum atomic E-state index is -0.444. The van der Waals surface area contributed by atoms with Crippen molar-refractivity contribution in [1.82, 2.24) is 0 Å². The van der Waals surface area contributed by atoms with Crippen LogP contribution in [0.15, 0.2) is 96.7 Å². The molecule has 28 heavy (non-hydrogen) atoms. The van der Waals surface area contributed by atoms with Crippen molar-refractivity contribution >= 4 is 23.0 Å². The topological polar surface area (TPSA) is 75.5 Å². The van der Waals surface area contributed by atoms with Gasteiger partial charge in [0.2, 0.25) is 0 Å². The van der Waals surface area contributed by atoms with Crippen LogP contribution >= 0.6 is 0 Å². The molecule has 1 aliphatic heterocycles. The summed E-state index contributed by atoms with van der Waals surface area (Å²) in [6.45, 7) is 0. The van der Waals surface area contributed by atoms with Gasteiger partial charge in [-0.3, -0.25) is 19.8 Å². The number of para-hydroxylation sites is 2. The minimum absolute atomic E-state index is 0.00386. The molecule has 4 rings (SSSR count). The summed E-state index contributed by atoms with van der Waals surface area (Å²) in [5, 5.41) is 14.4. The van der Waals surface area contributed by atoms with Crippen molar-refractivity contribution in [1.29, 1.82) is 0 Å². The minimum Gasteiger partial charge on any atom is -0.351 e. The van der Waals surface area contributed by atoms with Gasteiger partial charge in [-0.25, -0.2) is 0 Å². The number of nitrogens with zero attached hydrogens (tertiary/aromatic N) is 2. The highest BCUT2D eigenvalue weighted by molar-refractivity contribution is 6.11. The van der Waals surface area contributed by atoms with Gasteiger partial charge in [0, 0.05) is 23.5 Å². The van der Waals surface area contributed by atoms with E-state index in [4.69, 9.17) is 0 Å². The van der Waals surface area contributed by atoms with Crippen LogP contribution in [0, 0.1) is 10.1 Å². The molecule has 6 nitrogen and oxygen atoms in total. The Labute approximate surface area is 161 Å². The number of carbonyl (C=O) groups excluding carboxylic acids is 1. The number of nitro groups is 1. The van der Waals surface area contributed by atoms with E-state index in [1.165, 1.54) is 12.1 Å². The van der Waals surface area contributed by atoms with Crippen molar-refractivity contribution < 1.29 is 9.72 Å². The van der Waals surface area contributed by atoms with Gasteiger partial charge in [0.1, 0.15) is 5.70 Å². The van der Waals surface area contributed by atoms with E-state index in [1.807, 2.05) is 60.7 Å². The maximum Gasteiger partial charge on any atom is 0.275 e. The van der Waals surface area contributed by atoms with E-state index in [-0.39, 0.29) is 11.6 Å². The SMILES string of the molecule is O=C1C(Nc2ccccc2)=C[C@@H](c2cccc([N+](=O)[O-])c2)N1c1ccccc1. The summed E-state index contributed by atoms with van der Waals surface area (Å²) in [6, 6.07) is 24.7. The Bertz CT molecular complexity index is 1050. The van der Waals surface area contributed by atoms with Gasteiger partial charge in [-0.1, -0.05) is 48.5 Å². The smallest absolute Gasteiger partial charge is 0.275 e. The number of hydrogen-bond acceptors (Lipinski definition) is 4. The fourth-order valence-corrected chi connectivity index (χ4v) is 3.27. The molecule has 1 N–H and O–H groups in total. The first kappa shape index (κ1) is 17.5. The number of nitrogens with one attached hydrogen (secondary N) is 1. The molecule has 1 amide bonds. The Balaban J connectivity index is 1.76. The van der Waals surface area contributed by atoms with Crippen molar-refractivity contribution in [2.75, 3.05) is 10.2 Å². The van der Waals surface area contributed by atoms with Crippen molar-refractivity contribution in [3.8, 4) is 0 Å². The molecule has 0 spiro atoms. The lowest BCUT2D eigenvalue weighted by Gasteiger charge is -2.25. The van der Waals surface area contributed by atoms with Gasteiger partial charge in [-0.2, -0.15) is 0 Å². The first-order valence-electron chi connectivity index (χ1n) is 8.80. The molecule has 0 saturated heterocycles. The molecule has 0 aromatic heterocycles. The van der Waals surface area contributed by atoms with Crippen LogP contribution in [0.2, 0.25) is 0 Å². The van der Waals surface area contributed by atoms with Crippen LogP contribution < -0.4 is 10.2 Å². The normalized spacial score (nSPS) is 16.0. The monoisotopic (exact) mass is 371 g/mol. The third-order valence-corrected chi connectivity index (χ3v) is 4.56. The molecule has 3 aromatic rings. The van der Waals surface area contributed by atoms with Crippen molar-refractivity contribution in [2.45, 2.75) is 6.04 Å². The quantitative estimate of drug-likeness (QED) is 0.522. The summed E-state index contributed by atoms with van der Waals surface area (Å²) in [7, 11) is 0. The molecule has 0 radical (unpaired) electrons. The fraction of sp³-hybridized carbons (Fsp3) is 0.0455. The Morgan fingerprint density at radius 3 is 2.25 bits per heavy atom. The fourth-order valence-electron chi connectivity index (χ4n) is 3.27. The van der Waals surface area contributed by atoms with E-state index in [1.54, 1.807) is 23.1 Å². The molecule has 138 valence electrons. The van der Waals surface area contributed by atoms with Gasteiger partial charge in [-0.15, -0.1) is 0 Å². The molecule has 0 bridgehead atoms. The molecule has 1 heterocycles. The van der Waals surface area contributed by atoms with Gasteiger partial charge in [-0.05, 0) is 35.9 Å². The maximum atomic E-state index is 13.2. The second kappa shape index (κ2) is 7.36. The van der Waals surface area contributed by atoms with E-state index < -0.39 is 11.0 Å². The highest BCUT2D eigenvalue weighted by Crippen LogP contribution is 2.36. The molecular formula is C22H17N3O3. The predicted octanol–water partition coefficient (Wildman–Crippen LogP) is 4.68. The lowest BCUT2D eigenvalue weighted by atomic mass is 10.1.